The summed E-state index contributed by atoms with van der Waals surface area (Å²) in [6, 6.07) is 6.44. The Balaban J connectivity index is 1.53. The number of nitrogens with zero attached hydrogens (tertiary/aromatic N) is 2. The largest absolute Gasteiger partial charge is 0.484 e. The summed E-state index contributed by atoms with van der Waals surface area (Å²) in [5.41, 5.74) is -0.860. The molecule has 0 bridgehead atoms. The number of halogens is 1. The quantitative estimate of drug-likeness (QED) is 0.823. The summed E-state index contributed by atoms with van der Waals surface area (Å²) in [5, 5.41) is 3.40. The summed E-state index contributed by atoms with van der Waals surface area (Å²) in [6.07, 6.45) is 0.835. The molecule has 134 valence electrons. The molecule has 1 spiro atoms. The van der Waals surface area contributed by atoms with Crippen molar-refractivity contribution in [2.24, 2.45) is 0 Å². The van der Waals surface area contributed by atoms with Crippen LogP contribution >= 0.6 is 11.6 Å². The maximum atomic E-state index is 12.4. The minimum Gasteiger partial charge on any atom is -0.484 e. The van der Waals surface area contributed by atoms with Crippen LogP contribution in [0.15, 0.2) is 24.3 Å². The van der Waals surface area contributed by atoms with Crippen LogP contribution in [0.4, 0.5) is 4.79 Å². The van der Waals surface area contributed by atoms with Crippen molar-refractivity contribution in [3.63, 3.8) is 0 Å². The Kier molecular flexibility index (Phi) is 4.85. The number of nitrogens with one attached hydrogen (secondary N) is 1. The fourth-order valence-corrected chi connectivity index (χ4v) is 3.33. The molecule has 0 radical (unpaired) electrons. The van der Waals surface area contributed by atoms with Gasteiger partial charge >= 0.3 is 6.03 Å². The second-order valence-electron chi connectivity index (χ2n) is 6.19. The van der Waals surface area contributed by atoms with Gasteiger partial charge in [-0.05, 0) is 44.0 Å². The predicted molar refractivity (Wildman–Crippen MR) is 91.4 cm³/mol. The molecule has 0 aliphatic carbocycles. The molecule has 2 aliphatic rings. The van der Waals surface area contributed by atoms with E-state index in [2.05, 4.69) is 5.32 Å². The van der Waals surface area contributed by atoms with Crippen molar-refractivity contribution in [2.75, 3.05) is 26.2 Å². The summed E-state index contributed by atoms with van der Waals surface area (Å²) in [7, 11) is 0. The lowest BCUT2D eigenvalue weighted by molar-refractivity contribution is -0.139. The highest BCUT2D eigenvalue weighted by molar-refractivity contribution is 6.30. The van der Waals surface area contributed by atoms with Gasteiger partial charge in [0.1, 0.15) is 11.3 Å². The highest BCUT2D eigenvalue weighted by atomic mass is 35.5. The Morgan fingerprint density at radius 1 is 1.24 bits per heavy atom. The molecule has 0 saturated carbocycles. The zero-order chi connectivity index (χ0) is 18.0. The number of hydrogen-bond acceptors (Lipinski definition) is 4. The number of carbonyl (C=O) groups is 3. The maximum Gasteiger partial charge on any atom is 0.325 e. The zero-order valence-electron chi connectivity index (χ0n) is 14.0. The molecule has 2 saturated heterocycles. The van der Waals surface area contributed by atoms with Crippen LogP contribution < -0.4 is 10.1 Å². The first kappa shape index (κ1) is 17.5. The number of likely N-dealkylation sites (N-methyl/N-ethyl adjacent to an activating group) is 1. The van der Waals surface area contributed by atoms with Crippen LogP contribution in [0.5, 0.6) is 5.75 Å². The highest BCUT2D eigenvalue weighted by Crippen LogP contribution is 2.29. The monoisotopic (exact) mass is 365 g/mol. The van der Waals surface area contributed by atoms with Gasteiger partial charge < -0.3 is 15.0 Å². The van der Waals surface area contributed by atoms with Crippen molar-refractivity contribution >= 4 is 29.4 Å². The minimum absolute atomic E-state index is 0.0734. The Morgan fingerprint density at radius 2 is 1.88 bits per heavy atom. The predicted octanol–water partition coefficient (Wildman–Crippen LogP) is 1.65. The topological polar surface area (TPSA) is 79.0 Å². The van der Waals surface area contributed by atoms with E-state index >= 15 is 0 Å². The van der Waals surface area contributed by atoms with Crippen LogP contribution in [-0.2, 0) is 9.59 Å². The van der Waals surface area contributed by atoms with Gasteiger partial charge in [-0.15, -0.1) is 0 Å². The molecule has 4 amide bonds. The van der Waals surface area contributed by atoms with E-state index in [0.717, 1.165) is 0 Å². The lowest BCUT2D eigenvalue weighted by atomic mass is 9.87. The average molecular weight is 366 g/mol. The number of ether oxygens (including phenoxy) is 1. The van der Waals surface area contributed by atoms with Gasteiger partial charge in [0.15, 0.2) is 6.61 Å². The van der Waals surface area contributed by atoms with Crippen LogP contribution in [0.3, 0.4) is 0 Å². The van der Waals surface area contributed by atoms with Crippen LogP contribution in [0, 0.1) is 0 Å². The fourth-order valence-electron chi connectivity index (χ4n) is 3.21. The molecule has 25 heavy (non-hydrogen) atoms. The number of imide groups is 1. The van der Waals surface area contributed by atoms with Crippen LogP contribution in [-0.4, -0.2) is 59.4 Å². The van der Waals surface area contributed by atoms with E-state index in [1.54, 1.807) is 36.1 Å². The molecule has 8 heteroatoms. The van der Waals surface area contributed by atoms with E-state index in [-0.39, 0.29) is 24.5 Å². The average Bonchev–Trinajstić information content (AvgIpc) is 2.84. The summed E-state index contributed by atoms with van der Waals surface area (Å²) in [6.45, 7) is 2.86. The number of benzene rings is 1. The van der Waals surface area contributed by atoms with E-state index in [4.69, 9.17) is 16.3 Å². The van der Waals surface area contributed by atoms with Crippen LogP contribution in [0.25, 0.3) is 0 Å². The van der Waals surface area contributed by atoms with Crippen molar-refractivity contribution in [3.05, 3.63) is 29.3 Å². The first-order valence-electron chi connectivity index (χ1n) is 8.25. The van der Waals surface area contributed by atoms with Gasteiger partial charge in [-0.1, -0.05) is 11.6 Å². The van der Waals surface area contributed by atoms with E-state index in [0.29, 0.717) is 43.2 Å². The summed E-state index contributed by atoms with van der Waals surface area (Å²) in [4.78, 5) is 39.5. The first-order chi connectivity index (χ1) is 11.9. The summed E-state index contributed by atoms with van der Waals surface area (Å²) < 4.78 is 5.47. The second-order valence-corrected chi connectivity index (χ2v) is 6.62. The molecule has 2 heterocycles. The standard InChI is InChI=1S/C17H20ClN3O4/c1-2-21-15(23)17(19-16(21)24)7-9-20(10-8-17)14(22)11-25-13-5-3-12(18)4-6-13/h3-6H,2,7-11H2,1H3,(H,19,24). The van der Waals surface area contributed by atoms with Gasteiger partial charge in [0.05, 0.1) is 0 Å². The number of amides is 4. The normalized spacial score (nSPS) is 19.3. The summed E-state index contributed by atoms with van der Waals surface area (Å²) >= 11 is 5.81. The Labute approximate surface area is 150 Å². The van der Waals surface area contributed by atoms with Crippen molar-refractivity contribution in [1.29, 1.82) is 0 Å². The third-order valence-corrected chi connectivity index (χ3v) is 4.96. The van der Waals surface area contributed by atoms with E-state index in [1.165, 1.54) is 4.90 Å². The Hall–Kier alpha value is -2.28. The van der Waals surface area contributed by atoms with Gasteiger partial charge in [0.2, 0.25) is 0 Å². The number of piperidine rings is 1. The van der Waals surface area contributed by atoms with E-state index in [9.17, 15) is 14.4 Å². The zero-order valence-corrected chi connectivity index (χ0v) is 14.7. The maximum absolute atomic E-state index is 12.4. The third kappa shape index (κ3) is 3.42. The number of urea groups is 1. The van der Waals surface area contributed by atoms with Gasteiger partial charge in [-0.3, -0.25) is 14.5 Å². The smallest absolute Gasteiger partial charge is 0.325 e. The molecular weight excluding hydrogens is 346 g/mol. The van der Waals surface area contributed by atoms with Crippen molar-refractivity contribution in [1.82, 2.24) is 15.1 Å². The van der Waals surface area contributed by atoms with Gasteiger partial charge in [0, 0.05) is 24.7 Å². The van der Waals surface area contributed by atoms with Gasteiger partial charge in [-0.25, -0.2) is 4.79 Å². The van der Waals surface area contributed by atoms with Crippen molar-refractivity contribution in [3.8, 4) is 5.75 Å². The second kappa shape index (κ2) is 6.92. The molecule has 2 aliphatic heterocycles. The number of rotatable bonds is 4. The molecule has 1 N–H and O–H groups in total. The third-order valence-electron chi connectivity index (χ3n) is 4.71. The number of likely N-dealkylation sites (tertiary alicyclic amines) is 1. The fraction of sp³-hybridized carbons (Fsp3) is 0.471. The molecule has 3 rings (SSSR count). The Bertz CT molecular complexity index is 684. The van der Waals surface area contributed by atoms with E-state index < -0.39 is 5.54 Å². The van der Waals surface area contributed by atoms with Crippen LogP contribution in [0.1, 0.15) is 19.8 Å². The molecule has 0 atom stereocenters. The van der Waals surface area contributed by atoms with Crippen molar-refractivity contribution < 1.29 is 19.1 Å². The number of carbonyl (C=O) groups excluding carboxylic acids is 3. The Morgan fingerprint density at radius 3 is 2.44 bits per heavy atom. The lowest BCUT2D eigenvalue weighted by Crippen LogP contribution is -2.56. The molecule has 1 aromatic carbocycles. The highest BCUT2D eigenvalue weighted by Gasteiger charge is 2.52. The summed E-state index contributed by atoms with van der Waals surface area (Å²) in [5.74, 6) is 0.237. The first-order valence-corrected chi connectivity index (χ1v) is 8.63. The van der Waals surface area contributed by atoms with Crippen LogP contribution in [0.2, 0.25) is 5.02 Å². The molecule has 2 fully saturated rings. The van der Waals surface area contributed by atoms with Gasteiger partial charge in [0.25, 0.3) is 11.8 Å². The lowest BCUT2D eigenvalue weighted by Gasteiger charge is -2.37. The van der Waals surface area contributed by atoms with Crippen molar-refractivity contribution in [2.45, 2.75) is 25.3 Å². The van der Waals surface area contributed by atoms with Gasteiger partial charge in [-0.2, -0.15) is 0 Å². The number of hydrogen-bond donors (Lipinski definition) is 1. The minimum atomic E-state index is -0.860. The molecule has 7 nitrogen and oxygen atoms in total. The van der Waals surface area contributed by atoms with E-state index in [1.807, 2.05) is 0 Å². The molecule has 1 aromatic rings. The SMILES string of the molecule is CCN1C(=O)NC2(CCN(C(=O)COc3ccc(Cl)cc3)CC2)C1=O. The molecule has 0 unspecified atom stereocenters. The molecular formula is C17H20ClN3O4. The molecule has 0 aromatic heterocycles.